The van der Waals surface area contributed by atoms with Crippen LogP contribution in [0.5, 0.6) is 0 Å². The van der Waals surface area contributed by atoms with Gasteiger partial charge >= 0.3 is 0 Å². The lowest BCUT2D eigenvalue weighted by atomic mass is 10.2. The van der Waals surface area contributed by atoms with E-state index >= 15 is 0 Å². The number of likely N-dealkylation sites (N-methyl/N-ethyl adjacent to an activating group) is 1. The van der Waals surface area contributed by atoms with Crippen LogP contribution in [-0.4, -0.2) is 44.2 Å². The smallest absolute Gasteiger partial charge is 0.191 e. The monoisotopic (exact) mass is 359 g/mol. The lowest BCUT2D eigenvalue weighted by Crippen LogP contribution is -2.42. The number of aromatic nitrogens is 1. The number of aliphatic imine (C=N–C) groups is 1. The molecule has 2 rings (SSSR count). The van der Waals surface area contributed by atoms with Gasteiger partial charge in [0.1, 0.15) is 0 Å². The standard InChI is InChI=1S/C19H29N5S/c1-5-24(17-8-6-7-15(2)13-17)12-11-22-19(20-4)21-10-9-18-23-14-16(3)25-18/h6-8,13-14H,5,9-12H2,1-4H3,(H2,20,21,22). The molecule has 0 saturated heterocycles. The van der Waals surface area contributed by atoms with Gasteiger partial charge in [-0.25, -0.2) is 4.98 Å². The fraction of sp³-hybridized carbons (Fsp3) is 0.474. The van der Waals surface area contributed by atoms with Crippen LogP contribution in [0, 0.1) is 13.8 Å². The summed E-state index contributed by atoms with van der Waals surface area (Å²) in [6, 6.07) is 8.64. The van der Waals surface area contributed by atoms with Gasteiger partial charge in [-0.1, -0.05) is 12.1 Å². The van der Waals surface area contributed by atoms with Crippen molar-refractivity contribution >= 4 is 23.0 Å². The molecule has 0 atom stereocenters. The van der Waals surface area contributed by atoms with Crippen molar-refractivity contribution in [3.63, 3.8) is 0 Å². The van der Waals surface area contributed by atoms with Crippen LogP contribution in [0.4, 0.5) is 5.69 Å². The molecule has 0 unspecified atom stereocenters. The first-order valence-electron chi connectivity index (χ1n) is 8.79. The highest BCUT2D eigenvalue weighted by Crippen LogP contribution is 2.15. The Hall–Kier alpha value is -2.08. The molecule has 0 spiro atoms. The Kier molecular flexibility index (Phi) is 7.73. The normalized spacial score (nSPS) is 11.4. The number of anilines is 1. The molecule has 2 aromatic rings. The van der Waals surface area contributed by atoms with E-state index in [1.807, 2.05) is 6.20 Å². The summed E-state index contributed by atoms with van der Waals surface area (Å²) in [7, 11) is 1.81. The van der Waals surface area contributed by atoms with Crippen LogP contribution in [0.3, 0.4) is 0 Å². The first-order chi connectivity index (χ1) is 12.1. The van der Waals surface area contributed by atoms with E-state index in [2.05, 4.69) is 70.5 Å². The summed E-state index contributed by atoms with van der Waals surface area (Å²) in [6.45, 7) is 10.0. The predicted octanol–water partition coefficient (Wildman–Crippen LogP) is 2.99. The van der Waals surface area contributed by atoms with E-state index in [4.69, 9.17) is 0 Å². The van der Waals surface area contributed by atoms with Gasteiger partial charge in [-0.2, -0.15) is 0 Å². The second-order valence-corrected chi connectivity index (χ2v) is 7.28. The molecule has 0 radical (unpaired) electrons. The zero-order valence-corrected chi connectivity index (χ0v) is 16.5. The number of aryl methyl sites for hydroxylation is 2. The van der Waals surface area contributed by atoms with Crippen LogP contribution < -0.4 is 15.5 Å². The van der Waals surface area contributed by atoms with Gasteiger partial charge in [-0.05, 0) is 38.5 Å². The Morgan fingerprint density at radius 2 is 2.04 bits per heavy atom. The molecule has 0 aliphatic carbocycles. The van der Waals surface area contributed by atoms with Crippen molar-refractivity contribution in [2.75, 3.05) is 38.1 Å². The zero-order chi connectivity index (χ0) is 18.1. The minimum absolute atomic E-state index is 0.835. The number of rotatable bonds is 8. The third kappa shape index (κ3) is 6.38. The Labute approximate surface area is 155 Å². The first-order valence-corrected chi connectivity index (χ1v) is 9.61. The van der Waals surface area contributed by atoms with E-state index in [-0.39, 0.29) is 0 Å². The highest BCUT2D eigenvalue weighted by molar-refractivity contribution is 7.11. The number of guanidine groups is 1. The molecular weight excluding hydrogens is 330 g/mol. The van der Waals surface area contributed by atoms with Crippen LogP contribution in [0.2, 0.25) is 0 Å². The van der Waals surface area contributed by atoms with Crippen molar-refractivity contribution in [2.45, 2.75) is 27.2 Å². The van der Waals surface area contributed by atoms with Crippen LogP contribution in [0.25, 0.3) is 0 Å². The van der Waals surface area contributed by atoms with Crippen molar-refractivity contribution in [1.29, 1.82) is 0 Å². The number of benzene rings is 1. The highest BCUT2D eigenvalue weighted by Gasteiger charge is 2.05. The second kappa shape index (κ2) is 10.0. The Morgan fingerprint density at radius 1 is 1.24 bits per heavy atom. The van der Waals surface area contributed by atoms with E-state index in [1.165, 1.54) is 16.1 Å². The highest BCUT2D eigenvalue weighted by atomic mass is 32.1. The molecule has 0 aliphatic heterocycles. The first kappa shape index (κ1) is 19.2. The molecule has 136 valence electrons. The Balaban J connectivity index is 1.74. The van der Waals surface area contributed by atoms with E-state index in [9.17, 15) is 0 Å². The minimum Gasteiger partial charge on any atom is -0.370 e. The molecule has 5 nitrogen and oxygen atoms in total. The lowest BCUT2D eigenvalue weighted by Gasteiger charge is -2.24. The third-order valence-electron chi connectivity index (χ3n) is 3.95. The average Bonchev–Trinajstić information content (AvgIpc) is 3.02. The number of hydrogen-bond acceptors (Lipinski definition) is 4. The Bertz CT molecular complexity index is 680. The molecule has 1 aromatic carbocycles. The van der Waals surface area contributed by atoms with Gasteiger partial charge in [0.25, 0.3) is 0 Å². The molecule has 2 N–H and O–H groups in total. The zero-order valence-electron chi connectivity index (χ0n) is 15.7. The van der Waals surface area contributed by atoms with Gasteiger partial charge in [0.05, 0.1) is 5.01 Å². The summed E-state index contributed by atoms with van der Waals surface area (Å²) in [4.78, 5) is 12.3. The summed E-state index contributed by atoms with van der Waals surface area (Å²) in [6.07, 6.45) is 2.85. The van der Waals surface area contributed by atoms with Gasteiger partial charge in [0.2, 0.25) is 0 Å². The summed E-state index contributed by atoms with van der Waals surface area (Å²) in [5.41, 5.74) is 2.56. The topological polar surface area (TPSA) is 52.5 Å². The molecule has 25 heavy (non-hydrogen) atoms. The number of thiazole rings is 1. The molecule has 1 aromatic heterocycles. The van der Waals surface area contributed by atoms with Crippen LogP contribution in [0.15, 0.2) is 35.5 Å². The number of nitrogens with one attached hydrogen (secondary N) is 2. The van der Waals surface area contributed by atoms with Crippen molar-refractivity contribution in [1.82, 2.24) is 15.6 Å². The molecule has 0 amide bonds. The largest absolute Gasteiger partial charge is 0.370 e. The molecule has 6 heteroatoms. The van der Waals surface area contributed by atoms with E-state index in [0.717, 1.165) is 43.6 Å². The maximum Gasteiger partial charge on any atom is 0.191 e. The Morgan fingerprint density at radius 3 is 2.68 bits per heavy atom. The SMILES string of the molecule is CCN(CCNC(=NC)NCCc1ncc(C)s1)c1cccc(C)c1. The fourth-order valence-electron chi connectivity index (χ4n) is 2.63. The number of nitrogens with zero attached hydrogens (tertiary/aromatic N) is 3. The van der Waals surface area contributed by atoms with Gasteiger partial charge in [-0.15, -0.1) is 11.3 Å². The van der Waals surface area contributed by atoms with Crippen molar-refractivity contribution in [2.24, 2.45) is 4.99 Å². The van der Waals surface area contributed by atoms with Gasteiger partial charge in [-0.3, -0.25) is 4.99 Å². The quantitative estimate of drug-likeness (QED) is 0.562. The molecular formula is C19H29N5S. The fourth-order valence-corrected chi connectivity index (χ4v) is 3.42. The molecule has 1 heterocycles. The van der Waals surface area contributed by atoms with E-state index < -0.39 is 0 Å². The summed E-state index contributed by atoms with van der Waals surface area (Å²) in [5.74, 6) is 0.841. The molecule has 0 aliphatic rings. The lowest BCUT2D eigenvalue weighted by molar-refractivity contribution is 0.746. The molecule has 0 fully saturated rings. The second-order valence-electron chi connectivity index (χ2n) is 5.96. The summed E-state index contributed by atoms with van der Waals surface area (Å²) < 4.78 is 0. The van der Waals surface area contributed by atoms with Gasteiger partial charge in [0.15, 0.2) is 5.96 Å². The number of hydrogen-bond donors (Lipinski definition) is 2. The molecule has 0 bridgehead atoms. The van der Waals surface area contributed by atoms with Crippen LogP contribution in [0.1, 0.15) is 22.4 Å². The maximum absolute atomic E-state index is 4.39. The van der Waals surface area contributed by atoms with Gasteiger partial charge < -0.3 is 15.5 Å². The predicted molar refractivity (Wildman–Crippen MR) is 109 cm³/mol. The van der Waals surface area contributed by atoms with Crippen LogP contribution in [-0.2, 0) is 6.42 Å². The summed E-state index contributed by atoms with van der Waals surface area (Å²) >= 11 is 1.75. The minimum atomic E-state index is 0.835. The van der Waals surface area contributed by atoms with Crippen molar-refractivity contribution in [3.8, 4) is 0 Å². The summed E-state index contributed by atoms with van der Waals surface area (Å²) in [5, 5.41) is 7.91. The van der Waals surface area contributed by atoms with E-state index in [1.54, 1.807) is 18.4 Å². The van der Waals surface area contributed by atoms with Gasteiger partial charge in [0, 0.05) is 56.4 Å². The van der Waals surface area contributed by atoms with E-state index in [0.29, 0.717) is 0 Å². The maximum atomic E-state index is 4.39. The third-order valence-corrected chi connectivity index (χ3v) is 4.92. The average molecular weight is 360 g/mol. The molecule has 0 saturated carbocycles. The van der Waals surface area contributed by atoms with Crippen molar-refractivity contribution < 1.29 is 0 Å². The van der Waals surface area contributed by atoms with Crippen LogP contribution >= 0.6 is 11.3 Å². The van der Waals surface area contributed by atoms with Crippen molar-refractivity contribution in [3.05, 3.63) is 45.9 Å².